The third-order valence-corrected chi connectivity index (χ3v) is 3.52. The van der Waals surface area contributed by atoms with Crippen molar-refractivity contribution < 1.29 is 14.3 Å². The highest BCUT2D eigenvalue weighted by Crippen LogP contribution is 2.22. The SMILES string of the molecule is COc1ncc(C(=O)NCc2cc3n(n2)CCCO3)cc1Cl. The lowest BCUT2D eigenvalue weighted by Gasteiger charge is -2.13. The van der Waals surface area contributed by atoms with E-state index in [0.717, 1.165) is 24.5 Å². The van der Waals surface area contributed by atoms with Gasteiger partial charge in [0.15, 0.2) is 0 Å². The summed E-state index contributed by atoms with van der Waals surface area (Å²) < 4.78 is 12.2. The van der Waals surface area contributed by atoms with Gasteiger partial charge in [-0.25, -0.2) is 9.67 Å². The molecule has 1 aliphatic heterocycles. The Bertz CT molecular complexity index is 678. The number of nitrogens with one attached hydrogen (secondary N) is 1. The monoisotopic (exact) mass is 322 g/mol. The van der Waals surface area contributed by atoms with Crippen LogP contribution in [0.2, 0.25) is 5.02 Å². The van der Waals surface area contributed by atoms with Crippen molar-refractivity contribution in [2.24, 2.45) is 0 Å². The van der Waals surface area contributed by atoms with Crippen LogP contribution in [0.4, 0.5) is 0 Å². The van der Waals surface area contributed by atoms with Gasteiger partial charge in [0.25, 0.3) is 5.91 Å². The number of aromatic nitrogens is 3. The first-order valence-corrected chi connectivity index (χ1v) is 7.22. The van der Waals surface area contributed by atoms with Gasteiger partial charge in [0.1, 0.15) is 5.02 Å². The average Bonchev–Trinajstić information content (AvgIpc) is 2.95. The number of carbonyl (C=O) groups excluding carboxylic acids is 1. The number of carbonyl (C=O) groups is 1. The molecule has 3 rings (SSSR count). The summed E-state index contributed by atoms with van der Waals surface area (Å²) in [5.74, 6) is 0.755. The molecule has 1 aliphatic rings. The van der Waals surface area contributed by atoms with Crippen LogP contribution in [-0.2, 0) is 13.1 Å². The highest BCUT2D eigenvalue weighted by molar-refractivity contribution is 6.32. The fourth-order valence-corrected chi connectivity index (χ4v) is 2.42. The van der Waals surface area contributed by atoms with E-state index in [1.807, 2.05) is 6.07 Å². The van der Waals surface area contributed by atoms with Gasteiger partial charge in [0.05, 0.1) is 31.5 Å². The third-order valence-electron chi connectivity index (χ3n) is 3.25. The smallest absolute Gasteiger partial charge is 0.253 e. The predicted molar refractivity (Wildman–Crippen MR) is 79.3 cm³/mol. The summed E-state index contributed by atoms with van der Waals surface area (Å²) in [6, 6.07) is 3.35. The lowest BCUT2D eigenvalue weighted by atomic mass is 10.2. The molecule has 0 aromatic carbocycles. The quantitative estimate of drug-likeness (QED) is 0.926. The van der Waals surface area contributed by atoms with Crippen molar-refractivity contribution in [2.75, 3.05) is 13.7 Å². The standard InChI is InChI=1S/C14H15ClN4O3/c1-21-14-11(15)5-9(7-17-14)13(20)16-8-10-6-12-19(18-10)3-2-4-22-12/h5-7H,2-4,8H2,1H3,(H,16,20). The molecule has 1 N–H and O–H groups in total. The van der Waals surface area contributed by atoms with E-state index in [2.05, 4.69) is 15.4 Å². The molecule has 0 spiro atoms. The molecule has 0 unspecified atom stereocenters. The number of fused-ring (bicyclic) bond motifs is 1. The maximum Gasteiger partial charge on any atom is 0.253 e. The first-order chi connectivity index (χ1) is 10.7. The van der Waals surface area contributed by atoms with E-state index in [9.17, 15) is 4.79 Å². The normalized spacial score (nSPS) is 13.2. The van der Waals surface area contributed by atoms with Gasteiger partial charge in [-0.2, -0.15) is 5.10 Å². The summed E-state index contributed by atoms with van der Waals surface area (Å²) in [5, 5.41) is 7.45. The van der Waals surface area contributed by atoms with Crippen molar-refractivity contribution in [3.63, 3.8) is 0 Å². The van der Waals surface area contributed by atoms with Crippen molar-refractivity contribution >= 4 is 17.5 Å². The maximum atomic E-state index is 12.1. The Balaban J connectivity index is 1.64. The van der Waals surface area contributed by atoms with E-state index in [1.165, 1.54) is 19.4 Å². The fraction of sp³-hybridized carbons (Fsp3) is 0.357. The van der Waals surface area contributed by atoms with Gasteiger partial charge in [-0.1, -0.05) is 11.6 Å². The molecule has 22 heavy (non-hydrogen) atoms. The van der Waals surface area contributed by atoms with Crippen LogP contribution in [0.1, 0.15) is 22.5 Å². The average molecular weight is 323 g/mol. The first kappa shape index (κ1) is 14.6. The van der Waals surface area contributed by atoms with Crippen molar-refractivity contribution in [3.05, 3.63) is 34.6 Å². The van der Waals surface area contributed by atoms with Gasteiger partial charge < -0.3 is 14.8 Å². The molecule has 0 saturated carbocycles. The number of hydrogen-bond acceptors (Lipinski definition) is 5. The fourth-order valence-electron chi connectivity index (χ4n) is 2.18. The van der Waals surface area contributed by atoms with Crippen molar-refractivity contribution in [1.29, 1.82) is 0 Å². The topological polar surface area (TPSA) is 78.3 Å². The Morgan fingerprint density at radius 3 is 3.14 bits per heavy atom. The molecule has 2 aromatic rings. The highest BCUT2D eigenvalue weighted by atomic mass is 35.5. The van der Waals surface area contributed by atoms with Gasteiger partial charge in [-0.15, -0.1) is 0 Å². The second kappa shape index (κ2) is 6.23. The minimum absolute atomic E-state index is 0.274. The summed E-state index contributed by atoms with van der Waals surface area (Å²) in [6.45, 7) is 1.85. The number of nitrogens with zero attached hydrogens (tertiary/aromatic N) is 3. The first-order valence-electron chi connectivity index (χ1n) is 6.84. The Labute approximate surface area is 132 Å². The third kappa shape index (κ3) is 2.99. The summed E-state index contributed by atoms with van der Waals surface area (Å²) >= 11 is 5.96. The van der Waals surface area contributed by atoms with Crippen LogP contribution in [0.15, 0.2) is 18.3 Å². The molecular weight excluding hydrogens is 308 g/mol. The molecule has 2 aromatic heterocycles. The van der Waals surface area contributed by atoms with Gasteiger partial charge in [-0.3, -0.25) is 4.79 Å². The van der Waals surface area contributed by atoms with Crippen LogP contribution >= 0.6 is 11.6 Å². The van der Waals surface area contributed by atoms with E-state index in [4.69, 9.17) is 21.1 Å². The minimum atomic E-state index is -0.274. The number of amides is 1. The van der Waals surface area contributed by atoms with Gasteiger partial charge >= 0.3 is 0 Å². The number of halogens is 1. The van der Waals surface area contributed by atoms with E-state index < -0.39 is 0 Å². The van der Waals surface area contributed by atoms with Crippen LogP contribution < -0.4 is 14.8 Å². The molecule has 3 heterocycles. The number of hydrogen-bond donors (Lipinski definition) is 1. The Kier molecular flexibility index (Phi) is 4.15. The molecule has 8 heteroatoms. The van der Waals surface area contributed by atoms with E-state index in [0.29, 0.717) is 23.7 Å². The Morgan fingerprint density at radius 1 is 1.55 bits per heavy atom. The van der Waals surface area contributed by atoms with E-state index in [-0.39, 0.29) is 11.8 Å². The molecule has 116 valence electrons. The summed E-state index contributed by atoms with van der Waals surface area (Å²) in [6.07, 6.45) is 2.36. The van der Waals surface area contributed by atoms with E-state index >= 15 is 0 Å². The lowest BCUT2D eigenvalue weighted by Crippen LogP contribution is -2.23. The zero-order chi connectivity index (χ0) is 15.5. The zero-order valence-electron chi connectivity index (χ0n) is 12.0. The highest BCUT2D eigenvalue weighted by Gasteiger charge is 2.15. The van der Waals surface area contributed by atoms with Crippen LogP contribution in [0.5, 0.6) is 11.8 Å². The molecular formula is C14H15ClN4O3. The Morgan fingerprint density at radius 2 is 2.41 bits per heavy atom. The molecule has 0 atom stereocenters. The molecule has 0 radical (unpaired) electrons. The van der Waals surface area contributed by atoms with Crippen LogP contribution in [0.25, 0.3) is 0 Å². The summed E-state index contributed by atoms with van der Waals surface area (Å²) in [7, 11) is 1.47. The number of methoxy groups -OCH3 is 1. The Hall–Kier alpha value is -2.28. The van der Waals surface area contributed by atoms with Crippen molar-refractivity contribution in [2.45, 2.75) is 19.5 Å². The zero-order valence-corrected chi connectivity index (χ0v) is 12.8. The largest absolute Gasteiger partial charge is 0.480 e. The number of pyridine rings is 1. The predicted octanol–water partition coefficient (Wildman–Crippen LogP) is 1.65. The van der Waals surface area contributed by atoms with Gasteiger partial charge in [0, 0.05) is 25.2 Å². The van der Waals surface area contributed by atoms with Crippen LogP contribution in [0, 0.1) is 0 Å². The van der Waals surface area contributed by atoms with Crippen LogP contribution in [-0.4, -0.2) is 34.4 Å². The second-order valence-electron chi connectivity index (χ2n) is 4.80. The number of rotatable bonds is 4. The number of aryl methyl sites for hydroxylation is 1. The molecule has 0 fully saturated rings. The van der Waals surface area contributed by atoms with Crippen molar-refractivity contribution in [1.82, 2.24) is 20.1 Å². The second-order valence-corrected chi connectivity index (χ2v) is 5.20. The molecule has 1 amide bonds. The van der Waals surface area contributed by atoms with Gasteiger partial charge in [0.2, 0.25) is 11.8 Å². The maximum absolute atomic E-state index is 12.1. The van der Waals surface area contributed by atoms with Crippen LogP contribution in [0.3, 0.4) is 0 Å². The molecule has 0 bridgehead atoms. The van der Waals surface area contributed by atoms with Gasteiger partial charge in [-0.05, 0) is 6.07 Å². The number of ether oxygens (including phenoxy) is 2. The molecule has 7 nitrogen and oxygen atoms in total. The summed E-state index contributed by atoms with van der Waals surface area (Å²) in [5.41, 5.74) is 1.11. The lowest BCUT2D eigenvalue weighted by molar-refractivity contribution is 0.0950. The molecule has 0 saturated heterocycles. The summed E-state index contributed by atoms with van der Waals surface area (Å²) in [4.78, 5) is 16.1. The van der Waals surface area contributed by atoms with Crippen molar-refractivity contribution in [3.8, 4) is 11.8 Å². The van der Waals surface area contributed by atoms with E-state index in [1.54, 1.807) is 4.68 Å². The molecule has 0 aliphatic carbocycles. The minimum Gasteiger partial charge on any atom is -0.480 e.